The van der Waals surface area contributed by atoms with Crippen molar-refractivity contribution in [3.05, 3.63) is 63.3 Å². The van der Waals surface area contributed by atoms with Crippen LogP contribution in [0.4, 0.5) is 0 Å². The Morgan fingerprint density at radius 1 is 1.26 bits per heavy atom. The number of Topliss-reactive ketones (excluding diaryl/α,β-unsaturated/α-hetero) is 1. The number of nitrogens with zero attached hydrogens (tertiary/aromatic N) is 2. The number of pyridine rings is 1. The molecule has 3 rings (SSSR count). The van der Waals surface area contributed by atoms with Gasteiger partial charge in [-0.25, -0.2) is 4.98 Å². The third kappa shape index (κ3) is 2.82. The summed E-state index contributed by atoms with van der Waals surface area (Å²) in [6, 6.07) is 9.43. The molecular formula is C18H19N3O2. The molecule has 0 aliphatic rings. The number of nitrogens with one attached hydrogen (secondary N) is 1. The van der Waals surface area contributed by atoms with Gasteiger partial charge in [0.25, 0.3) is 0 Å². The van der Waals surface area contributed by atoms with Crippen molar-refractivity contribution < 1.29 is 4.79 Å². The highest BCUT2D eigenvalue weighted by molar-refractivity contribution is 5.95. The third-order valence-corrected chi connectivity index (χ3v) is 4.14. The van der Waals surface area contributed by atoms with Crippen LogP contribution in [0, 0.1) is 13.8 Å². The van der Waals surface area contributed by atoms with Crippen LogP contribution in [0.15, 0.2) is 35.1 Å². The summed E-state index contributed by atoms with van der Waals surface area (Å²) in [6.45, 7) is 5.81. The lowest BCUT2D eigenvalue weighted by atomic mass is 10.1. The van der Waals surface area contributed by atoms with Gasteiger partial charge in [-0.2, -0.15) is 0 Å². The van der Waals surface area contributed by atoms with Gasteiger partial charge >= 0.3 is 0 Å². The van der Waals surface area contributed by atoms with Crippen LogP contribution in [-0.4, -0.2) is 20.3 Å². The standard InChI is InChI=1S/C18H19N3O2/c1-11-10-16(23)18(13(3)22)12(2)21(11)9-8-17-19-14-6-4-5-7-15(14)20-17/h4-7,10H,8-9H2,1-3H3,(H,19,20). The monoisotopic (exact) mass is 309 g/mol. The van der Waals surface area contributed by atoms with Crippen molar-refractivity contribution in [1.82, 2.24) is 14.5 Å². The highest BCUT2D eigenvalue weighted by atomic mass is 16.1. The summed E-state index contributed by atoms with van der Waals surface area (Å²) in [5.41, 5.74) is 3.61. The number of para-hydroxylation sites is 2. The van der Waals surface area contributed by atoms with Crippen LogP contribution >= 0.6 is 0 Å². The quantitative estimate of drug-likeness (QED) is 0.754. The predicted molar refractivity (Wildman–Crippen MR) is 90.0 cm³/mol. The Bertz CT molecular complexity index is 918. The zero-order valence-electron chi connectivity index (χ0n) is 13.5. The number of aromatic amines is 1. The molecule has 0 atom stereocenters. The van der Waals surface area contributed by atoms with E-state index in [1.54, 1.807) is 0 Å². The third-order valence-electron chi connectivity index (χ3n) is 4.14. The van der Waals surface area contributed by atoms with E-state index < -0.39 is 0 Å². The van der Waals surface area contributed by atoms with Gasteiger partial charge < -0.3 is 9.55 Å². The van der Waals surface area contributed by atoms with Crippen LogP contribution in [-0.2, 0) is 13.0 Å². The Morgan fingerprint density at radius 2 is 2.00 bits per heavy atom. The summed E-state index contributed by atoms with van der Waals surface area (Å²) < 4.78 is 2.01. The summed E-state index contributed by atoms with van der Waals surface area (Å²) in [4.78, 5) is 31.6. The predicted octanol–water partition coefficient (Wildman–Crippen LogP) is 2.79. The first-order chi connectivity index (χ1) is 11.0. The lowest BCUT2D eigenvalue weighted by molar-refractivity contribution is 0.101. The first-order valence-electron chi connectivity index (χ1n) is 7.63. The number of ketones is 1. The van der Waals surface area contributed by atoms with Crippen molar-refractivity contribution in [2.45, 2.75) is 33.7 Å². The van der Waals surface area contributed by atoms with Crippen LogP contribution in [0.1, 0.15) is 34.5 Å². The normalized spacial score (nSPS) is 11.1. The van der Waals surface area contributed by atoms with Gasteiger partial charge in [0.2, 0.25) is 0 Å². The maximum absolute atomic E-state index is 12.0. The number of hydrogen-bond acceptors (Lipinski definition) is 3. The molecule has 0 spiro atoms. The minimum absolute atomic E-state index is 0.190. The maximum atomic E-state index is 12.0. The van der Waals surface area contributed by atoms with Gasteiger partial charge in [0.1, 0.15) is 5.82 Å². The van der Waals surface area contributed by atoms with Crippen molar-refractivity contribution >= 4 is 16.8 Å². The summed E-state index contributed by atoms with van der Waals surface area (Å²) in [5, 5.41) is 0. The summed E-state index contributed by atoms with van der Waals surface area (Å²) in [7, 11) is 0. The maximum Gasteiger partial charge on any atom is 0.192 e. The number of benzene rings is 1. The van der Waals surface area contributed by atoms with Crippen molar-refractivity contribution in [3.63, 3.8) is 0 Å². The molecule has 5 nitrogen and oxygen atoms in total. The molecule has 0 radical (unpaired) electrons. The molecule has 1 aromatic carbocycles. The molecule has 0 unspecified atom stereocenters. The van der Waals surface area contributed by atoms with Gasteiger partial charge in [-0.05, 0) is 32.9 Å². The highest BCUT2D eigenvalue weighted by Crippen LogP contribution is 2.13. The molecule has 0 fully saturated rings. The Morgan fingerprint density at radius 3 is 2.70 bits per heavy atom. The van der Waals surface area contributed by atoms with Gasteiger partial charge in [0.15, 0.2) is 11.2 Å². The molecule has 0 amide bonds. The van der Waals surface area contributed by atoms with Crippen molar-refractivity contribution in [3.8, 4) is 0 Å². The second-order valence-corrected chi connectivity index (χ2v) is 5.77. The highest BCUT2D eigenvalue weighted by Gasteiger charge is 2.14. The molecular weight excluding hydrogens is 290 g/mol. The number of carbonyl (C=O) groups is 1. The molecule has 1 N–H and O–H groups in total. The lowest BCUT2D eigenvalue weighted by Gasteiger charge is -2.16. The second-order valence-electron chi connectivity index (χ2n) is 5.77. The largest absolute Gasteiger partial charge is 0.348 e. The average Bonchev–Trinajstić information content (AvgIpc) is 2.88. The van der Waals surface area contributed by atoms with Gasteiger partial charge in [-0.3, -0.25) is 9.59 Å². The molecule has 0 saturated carbocycles. The molecule has 118 valence electrons. The van der Waals surface area contributed by atoms with Crippen LogP contribution in [0.5, 0.6) is 0 Å². The minimum Gasteiger partial charge on any atom is -0.348 e. The Labute approximate surface area is 134 Å². The molecule has 2 heterocycles. The fourth-order valence-electron chi connectivity index (χ4n) is 3.03. The topological polar surface area (TPSA) is 67.8 Å². The molecule has 0 aliphatic carbocycles. The number of aromatic nitrogens is 3. The smallest absolute Gasteiger partial charge is 0.192 e. The zero-order chi connectivity index (χ0) is 16.6. The van der Waals surface area contributed by atoms with Crippen molar-refractivity contribution in [2.75, 3.05) is 0 Å². The fraction of sp³-hybridized carbons (Fsp3) is 0.278. The van der Waals surface area contributed by atoms with Crippen molar-refractivity contribution in [1.29, 1.82) is 0 Å². The van der Waals surface area contributed by atoms with Gasteiger partial charge in [0.05, 0.1) is 16.6 Å². The second kappa shape index (κ2) is 5.83. The fourth-order valence-corrected chi connectivity index (χ4v) is 3.03. The van der Waals surface area contributed by atoms with E-state index >= 15 is 0 Å². The van der Waals surface area contributed by atoms with Crippen LogP contribution in [0.3, 0.4) is 0 Å². The Balaban J connectivity index is 1.92. The van der Waals surface area contributed by atoms with E-state index in [-0.39, 0.29) is 16.8 Å². The number of hydrogen-bond donors (Lipinski definition) is 1. The summed E-state index contributed by atoms with van der Waals surface area (Å²) in [6.07, 6.45) is 0.705. The number of H-pyrrole nitrogens is 1. The molecule has 5 heteroatoms. The van der Waals surface area contributed by atoms with E-state index in [0.717, 1.165) is 28.2 Å². The first-order valence-corrected chi connectivity index (χ1v) is 7.63. The zero-order valence-corrected chi connectivity index (χ0v) is 13.5. The first kappa shape index (κ1) is 15.2. The van der Waals surface area contributed by atoms with E-state index in [2.05, 4.69) is 9.97 Å². The van der Waals surface area contributed by atoms with Gasteiger partial charge in [-0.15, -0.1) is 0 Å². The number of aryl methyl sites for hydroxylation is 2. The van der Waals surface area contributed by atoms with Crippen molar-refractivity contribution in [2.24, 2.45) is 0 Å². The number of fused-ring (bicyclic) bond motifs is 1. The summed E-state index contributed by atoms with van der Waals surface area (Å²) in [5.74, 6) is 0.707. The number of carbonyl (C=O) groups excluding carboxylic acids is 1. The van der Waals surface area contributed by atoms with E-state index in [9.17, 15) is 9.59 Å². The minimum atomic E-state index is -0.201. The van der Waals surface area contributed by atoms with Crippen LogP contribution in [0.25, 0.3) is 11.0 Å². The molecule has 3 aromatic rings. The number of imidazole rings is 1. The van der Waals surface area contributed by atoms with E-state index in [1.807, 2.05) is 42.7 Å². The molecule has 2 aromatic heterocycles. The van der Waals surface area contributed by atoms with E-state index in [0.29, 0.717) is 13.0 Å². The molecule has 23 heavy (non-hydrogen) atoms. The Kier molecular flexibility index (Phi) is 3.86. The number of rotatable bonds is 4. The molecule has 0 bridgehead atoms. The van der Waals surface area contributed by atoms with E-state index in [4.69, 9.17) is 0 Å². The van der Waals surface area contributed by atoms with Gasteiger partial charge in [-0.1, -0.05) is 12.1 Å². The average molecular weight is 309 g/mol. The summed E-state index contributed by atoms with van der Waals surface area (Å²) >= 11 is 0. The molecule has 0 aliphatic heterocycles. The van der Waals surface area contributed by atoms with Crippen LogP contribution in [0.2, 0.25) is 0 Å². The lowest BCUT2D eigenvalue weighted by Crippen LogP contribution is -2.22. The Hall–Kier alpha value is -2.69. The van der Waals surface area contributed by atoms with Crippen LogP contribution < -0.4 is 5.43 Å². The SMILES string of the molecule is CC(=O)c1c(C)n(CCc2nc3ccccc3[nH]2)c(C)cc1=O. The van der Waals surface area contributed by atoms with Gasteiger partial charge in [0, 0.05) is 30.4 Å². The molecule has 0 saturated heterocycles. The van der Waals surface area contributed by atoms with E-state index in [1.165, 1.54) is 13.0 Å².